The maximum atomic E-state index is 11.3. The first-order chi connectivity index (χ1) is 8.99. The van der Waals surface area contributed by atoms with Crippen LogP contribution in [0.25, 0.3) is 0 Å². The van der Waals surface area contributed by atoms with Crippen molar-refractivity contribution in [2.75, 3.05) is 6.61 Å². The Balaban J connectivity index is 4.14. The number of allylic oxidation sites excluding steroid dienone is 2. The van der Waals surface area contributed by atoms with E-state index in [1.54, 1.807) is 0 Å². The first-order valence-corrected chi connectivity index (χ1v) is 7.21. The Bertz CT molecular complexity index is 357. The monoisotopic (exact) mass is 264 g/mol. The van der Waals surface area contributed by atoms with Crippen LogP contribution in [-0.2, 0) is 9.53 Å². The van der Waals surface area contributed by atoms with Gasteiger partial charge in [0.15, 0.2) is 0 Å². The second kappa shape index (κ2) is 10.6. The van der Waals surface area contributed by atoms with Gasteiger partial charge in [0.05, 0.1) is 13.0 Å². The minimum atomic E-state index is -0.171. The van der Waals surface area contributed by atoms with Crippen LogP contribution in [0, 0.1) is 5.92 Å². The van der Waals surface area contributed by atoms with Crippen molar-refractivity contribution in [3.05, 3.63) is 29.0 Å². The molecule has 1 unspecified atom stereocenters. The molecule has 0 rings (SSSR count). The van der Waals surface area contributed by atoms with Crippen molar-refractivity contribution in [3.63, 3.8) is 0 Å². The summed E-state index contributed by atoms with van der Waals surface area (Å²) < 4.78 is 4.90. The lowest BCUT2D eigenvalue weighted by Gasteiger charge is -2.05. The highest BCUT2D eigenvalue weighted by atomic mass is 16.5. The van der Waals surface area contributed by atoms with E-state index in [1.165, 1.54) is 5.57 Å². The van der Waals surface area contributed by atoms with Crippen LogP contribution in [-0.4, -0.2) is 12.6 Å². The van der Waals surface area contributed by atoms with Crippen LogP contribution in [0.1, 0.15) is 60.3 Å². The molecule has 0 N–H and O–H groups in total. The van der Waals surface area contributed by atoms with Gasteiger partial charge in [0, 0.05) is 0 Å². The maximum Gasteiger partial charge on any atom is 0.310 e. The summed E-state index contributed by atoms with van der Waals surface area (Å²) in [4.78, 5) is 11.3. The molecule has 2 heteroatoms. The number of hydrogen-bond acceptors (Lipinski definition) is 2. The molecule has 0 saturated carbocycles. The van der Waals surface area contributed by atoms with E-state index in [1.807, 2.05) is 19.9 Å². The highest BCUT2D eigenvalue weighted by Gasteiger charge is 2.01. The van der Waals surface area contributed by atoms with Gasteiger partial charge in [-0.15, -0.1) is 5.73 Å². The molecule has 0 aliphatic rings. The predicted octanol–water partition coefficient (Wildman–Crippen LogP) is 4.81. The fourth-order valence-corrected chi connectivity index (χ4v) is 1.56. The van der Waals surface area contributed by atoms with Crippen LogP contribution in [0.5, 0.6) is 0 Å². The van der Waals surface area contributed by atoms with Gasteiger partial charge in [-0.3, -0.25) is 4.79 Å². The normalized spacial score (nSPS) is 12.6. The molecule has 0 heterocycles. The van der Waals surface area contributed by atoms with Crippen LogP contribution in [0.3, 0.4) is 0 Å². The van der Waals surface area contributed by atoms with Crippen molar-refractivity contribution in [1.82, 2.24) is 0 Å². The van der Waals surface area contributed by atoms with E-state index >= 15 is 0 Å². The lowest BCUT2D eigenvalue weighted by Crippen LogP contribution is -2.03. The molecule has 0 amide bonds. The number of ether oxygens (including phenoxy) is 1. The summed E-state index contributed by atoms with van der Waals surface area (Å²) in [6, 6.07) is 0. The zero-order chi connectivity index (χ0) is 14.7. The third kappa shape index (κ3) is 10.3. The minimum Gasteiger partial charge on any atom is -0.466 e. The van der Waals surface area contributed by atoms with Crippen molar-refractivity contribution in [2.24, 2.45) is 5.92 Å². The zero-order valence-electron chi connectivity index (χ0n) is 13.1. The van der Waals surface area contributed by atoms with Gasteiger partial charge >= 0.3 is 5.97 Å². The summed E-state index contributed by atoms with van der Waals surface area (Å²) in [6.07, 6.45) is 7.92. The molecule has 0 aromatic rings. The maximum absolute atomic E-state index is 11.3. The van der Waals surface area contributed by atoms with Crippen molar-refractivity contribution >= 4 is 5.97 Å². The van der Waals surface area contributed by atoms with Crippen LogP contribution >= 0.6 is 0 Å². The molecule has 19 heavy (non-hydrogen) atoms. The van der Waals surface area contributed by atoms with Crippen LogP contribution in [0.2, 0.25) is 0 Å². The zero-order valence-corrected chi connectivity index (χ0v) is 13.1. The number of esters is 1. The number of hydrogen-bond donors (Lipinski definition) is 0. The second-order valence-electron chi connectivity index (χ2n) is 5.09. The van der Waals surface area contributed by atoms with Crippen molar-refractivity contribution in [3.8, 4) is 0 Å². The first kappa shape index (κ1) is 17.7. The first-order valence-electron chi connectivity index (χ1n) is 7.21. The van der Waals surface area contributed by atoms with Crippen LogP contribution in [0.15, 0.2) is 29.0 Å². The van der Waals surface area contributed by atoms with E-state index in [2.05, 4.69) is 32.6 Å². The lowest BCUT2D eigenvalue weighted by atomic mass is 10.0. The SMILES string of the molecule is CCOC(=O)CC(C)=C=CCC(C)C/C=C(\C)CC. The lowest BCUT2D eigenvalue weighted by molar-refractivity contribution is -0.142. The van der Waals surface area contributed by atoms with Crippen molar-refractivity contribution in [1.29, 1.82) is 0 Å². The molecule has 0 spiro atoms. The molecule has 0 bridgehead atoms. The Hall–Kier alpha value is -1.27. The molecule has 0 radical (unpaired) electrons. The van der Waals surface area contributed by atoms with Gasteiger partial charge in [0.2, 0.25) is 0 Å². The van der Waals surface area contributed by atoms with Gasteiger partial charge in [-0.2, -0.15) is 0 Å². The van der Waals surface area contributed by atoms with Gasteiger partial charge in [-0.05, 0) is 57.6 Å². The molecular weight excluding hydrogens is 236 g/mol. The molecule has 0 aromatic carbocycles. The Kier molecular flexibility index (Phi) is 9.92. The summed E-state index contributed by atoms with van der Waals surface area (Å²) >= 11 is 0. The van der Waals surface area contributed by atoms with Crippen molar-refractivity contribution in [2.45, 2.75) is 60.3 Å². The fraction of sp³-hybridized carbons (Fsp3) is 0.647. The van der Waals surface area contributed by atoms with Gasteiger partial charge in [-0.25, -0.2) is 0 Å². The average molecular weight is 264 g/mol. The van der Waals surface area contributed by atoms with E-state index in [9.17, 15) is 4.79 Å². The molecule has 0 aliphatic heterocycles. The van der Waals surface area contributed by atoms with E-state index in [0.717, 1.165) is 24.8 Å². The summed E-state index contributed by atoms with van der Waals surface area (Å²) in [6.45, 7) is 10.8. The summed E-state index contributed by atoms with van der Waals surface area (Å²) in [5.41, 5.74) is 5.56. The molecule has 0 aromatic heterocycles. The van der Waals surface area contributed by atoms with Crippen LogP contribution in [0.4, 0.5) is 0 Å². The topological polar surface area (TPSA) is 26.3 Å². The van der Waals surface area contributed by atoms with E-state index in [-0.39, 0.29) is 5.97 Å². The number of carbonyl (C=O) groups excluding carboxylic acids is 1. The molecular formula is C17H28O2. The average Bonchev–Trinajstić information content (AvgIpc) is 2.36. The largest absolute Gasteiger partial charge is 0.466 e. The predicted molar refractivity (Wildman–Crippen MR) is 81.0 cm³/mol. The van der Waals surface area contributed by atoms with Gasteiger partial charge in [0.1, 0.15) is 0 Å². The highest BCUT2D eigenvalue weighted by Crippen LogP contribution is 2.12. The molecule has 0 fully saturated rings. The summed E-state index contributed by atoms with van der Waals surface area (Å²) in [5.74, 6) is 0.444. The van der Waals surface area contributed by atoms with Crippen molar-refractivity contribution < 1.29 is 9.53 Å². The van der Waals surface area contributed by atoms with Gasteiger partial charge in [0.25, 0.3) is 0 Å². The molecule has 1 atom stereocenters. The molecule has 0 saturated heterocycles. The smallest absolute Gasteiger partial charge is 0.310 e. The summed E-state index contributed by atoms with van der Waals surface area (Å²) in [7, 11) is 0. The third-order valence-corrected chi connectivity index (χ3v) is 3.01. The van der Waals surface area contributed by atoms with Gasteiger partial charge in [-0.1, -0.05) is 25.5 Å². The van der Waals surface area contributed by atoms with Crippen LogP contribution < -0.4 is 0 Å². The Morgan fingerprint density at radius 3 is 2.53 bits per heavy atom. The van der Waals surface area contributed by atoms with E-state index in [0.29, 0.717) is 18.9 Å². The van der Waals surface area contributed by atoms with E-state index < -0.39 is 0 Å². The Morgan fingerprint density at radius 1 is 1.26 bits per heavy atom. The second-order valence-corrected chi connectivity index (χ2v) is 5.09. The minimum absolute atomic E-state index is 0.171. The highest BCUT2D eigenvalue weighted by molar-refractivity contribution is 5.72. The Labute approximate surface area is 118 Å². The standard InChI is InChI=1S/C17H28O2/c1-6-14(3)11-12-15(4)9-8-10-16(5)13-17(18)19-7-2/h8,11,15H,6-7,9,12-13H2,1-5H3/b14-11+. The Morgan fingerprint density at radius 2 is 1.95 bits per heavy atom. The molecule has 2 nitrogen and oxygen atoms in total. The summed E-state index contributed by atoms with van der Waals surface area (Å²) in [5, 5.41) is 0. The van der Waals surface area contributed by atoms with Gasteiger partial charge < -0.3 is 4.74 Å². The quantitative estimate of drug-likeness (QED) is 0.357. The molecule has 108 valence electrons. The fourth-order valence-electron chi connectivity index (χ4n) is 1.56. The number of rotatable bonds is 8. The number of carbonyl (C=O) groups is 1. The van der Waals surface area contributed by atoms with E-state index in [4.69, 9.17) is 4.74 Å². The molecule has 0 aliphatic carbocycles. The third-order valence-electron chi connectivity index (χ3n) is 3.01.